The molecule has 1 N–H and O–H groups in total. The Morgan fingerprint density at radius 2 is 2.12 bits per heavy atom. The molecule has 0 aliphatic carbocycles. The summed E-state index contributed by atoms with van der Waals surface area (Å²) in [7, 11) is 0. The average molecular weight is 381 g/mol. The van der Waals surface area contributed by atoms with Crippen molar-refractivity contribution in [3.05, 3.63) is 57.7 Å². The average Bonchev–Trinajstić information content (AvgIpc) is 3.11. The summed E-state index contributed by atoms with van der Waals surface area (Å²) < 4.78 is 10.9. The second-order valence-electron chi connectivity index (χ2n) is 5.75. The van der Waals surface area contributed by atoms with E-state index in [9.17, 15) is 4.79 Å². The molecule has 7 heteroatoms. The summed E-state index contributed by atoms with van der Waals surface area (Å²) in [6.45, 7) is 1.72. The van der Waals surface area contributed by atoms with E-state index in [1.54, 1.807) is 6.07 Å². The first-order chi connectivity index (χ1) is 12.1. The third-order valence-electron chi connectivity index (χ3n) is 3.85. The van der Waals surface area contributed by atoms with Gasteiger partial charge in [-0.1, -0.05) is 35.3 Å². The van der Waals surface area contributed by atoms with Crippen molar-refractivity contribution in [2.24, 2.45) is 0 Å². The van der Waals surface area contributed by atoms with Crippen LogP contribution in [-0.4, -0.2) is 36.8 Å². The number of aromatic nitrogens is 1. The van der Waals surface area contributed by atoms with Crippen LogP contribution in [0.15, 0.2) is 36.5 Å². The number of benzene rings is 1. The molecule has 5 nitrogen and oxygen atoms in total. The molecule has 0 saturated carbocycles. The SMILES string of the molecule is O=C(NCCc1ccc(Cl)cc1)c1cnc(OC2CCOC2)c(Cl)c1. The van der Waals surface area contributed by atoms with Crippen LogP contribution in [0.25, 0.3) is 0 Å². The minimum Gasteiger partial charge on any atom is -0.471 e. The quantitative estimate of drug-likeness (QED) is 0.832. The number of amides is 1. The standard InChI is InChI=1S/C18H18Cl2N2O3/c19-14-3-1-12(2-4-14)5-7-21-17(23)13-9-16(20)18(22-10-13)25-15-6-8-24-11-15/h1-4,9-10,15H,5-8,11H2,(H,21,23). The fourth-order valence-electron chi connectivity index (χ4n) is 2.47. The summed E-state index contributed by atoms with van der Waals surface area (Å²) in [5.41, 5.74) is 1.50. The molecule has 1 amide bonds. The Labute approximate surface area is 156 Å². The molecule has 1 atom stereocenters. The third-order valence-corrected chi connectivity index (χ3v) is 4.37. The second kappa shape index (κ2) is 8.52. The van der Waals surface area contributed by atoms with Gasteiger partial charge in [-0.25, -0.2) is 4.98 Å². The molecule has 3 rings (SSSR count). The van der Waals surface area contributed by atoms with Crippen LogP contribution < -0.4 is 10.1 Å². The first-order valence-corrected chi connectivity index (χ1v) is 8.80. The number of carbonyl (C=O) groups is 1. The molecule has 2 aromatic rings. The molecule has 132 valence electrons. The van der Waals surface area contributed by atoms with E-state index in [2.05, 4.69) is 10.3 Å². The zero-order chi connectivity index (χ0) is 17.6. The van der Waals surface area contributed by atoms with Crippen molar-refractivity contribution in [2.45, 2.75) is 18.9 Å². The zero-order valence-electron chi connectivity index (χ0n) is 13.5. The lowest BCUT2D eigenvalue weighted by atomic mass is 10.1. The first kappa shape index (κ1) is 18.0. The summed E-state index contributed by atoms with van der Waals surface area (Å²) in [4.78, 5) is 16.4. The maximum atomic E-state index is 12.2. The van der Waals surface area contributed by atoms with Crippen molar-refractivity contribution in [2.75, 3.05) is 19.8 Å². The Balaban J connectivity index is 1.52. The highest BCUT2D eigenvalue weighted by molar-refractivity contribution is 6.32. The fourth-order valence-corrected chi connectivity index (χ4v) is 2.81. The van der Waals surface area contributed by atoms with Crippen LogP contribution in [-0.2, 0) is 11.2 Å². The molecule has 1 fully saturated rings. The van der Waals surface area contributed by atoms with Crippen molar-refractivity contribution in [3.63, 3.8) is 0 Å². The van der Waals surface area contributed by atoms with Crippen LogP contribution in [0.1, 0.15) is 22.3 Å². The van der Waals surface area contributed by atoms with Crippen molar-refractivity contribution < 1.29 is 14.3 Å². The smallest absolute Gasteiger partial charge is 0.252 e. The van der Waals surface area contributed by atoms with Gasteiger partial charge in [-0.2, -0.15) is 0 Å². The van der Waals surface area contributed by atoms with Crippen LogP contribution in [0.5, 0.6) is 5.88 Å². The number of ether oxygens (including phenoxy) is 2. The molecule has 1 unspecified atom stereocenters. The molecule has 1 aliphatic rings. The van der Waals surface area contributed by atoms with Gasteiger partial charge < -0.3 is 14.8 Å². The lowest BCUT2D eigenvalue weighted by Gasteiger charge is -2.12. The van der Waals surface area contributed by atoms with Crippen LogP contribution in [0, 0.1) is 0 Å². The van der Waals surface area contributed by atoms with E-state index in [-0.39, 0.29) is 12.0 Å². The summed E-state index contributed by atoms with van der Waals surface area (Å²) in [5.74, 6) is 0.106. The van der Waals surface area contributed by atoms with Gasteiger partial charge in [0, 0.05) is 24.2 Å². The van der Waals surface area contributed by atoms with E-state index >= 15 is 0 Å². The number of rotatable bonds is 6. The third kappa shape index (κ3) is 5.08. The number of hydrogen-bond acceptors (Lipinski definition) is 4. The van der Waals surface area contributed by atoms with Gasteiger partial charge in [0.15, 0.2) is 0 Å². The zero-order valence-corrected chi connectivity index (χ0v) is 15.0. The second-order valence-corrected chi connectivity index (χ2v) is 6.59. The highest BCUT2D eigenvalue weighted by Crippen LogP contribution is 2.25. The number of carbonyl (C=O) groups excluding carboxylic acids is 1. The highest BCUT2D eigenvalue weighted by Gasteiger charge is 2.20. The summed E-state index contributed by atoms with van der Waals surface area (Å²) in [6.07, 6.45) is 2.95. The van der Waals surface area contributed by atoms with Crippen LogP contribution in [0.3, 0.4) is 0 Å². The van der Waals surface area contributed by atoms with Crippen LogP contribution in [0.4, 0.5) is 0 Å². The van der Waals surface area contributed by atoms with E-state index in [1.165, 1.54) is 6.20 Å². The van der Waals surface area contributed by atoms with E-state index in [1.807, 2.05) is 24.3 Å². The van der Waals surface area contributed by atoms with E-state index in [4.69, 9.17) is 32.7 Å². The largest absolute Gasteiger partial charge is 0.471 e. The van der Waals surface area contributed by atoms with Gasteiger partial charge in [0.05, 0.1) is 18.8 Å². The molecular formula is C18H18Cl2N2O3. The number of halogens is 2. The predicted octanol–water partition coefficient (Wildman–Crippen LogP) is 3.53. The Morgan fingerprint density at radius 3 is 2.80 bits per heavy atom. The first-order valence-electron chi connectivity index (χ1n) is 8.04. The van der Waals surface area contributed by atoms with Gasteiger partial charge in [-0.3, -0.25) is 4.79 Å². The monoisotopic (exact) mass is 380 g/mol. The Morgan fingerprint density at radius 1 is 1.32 bits per heavy atom. The van der Waals surface area contributed by atoms with E-state index < -0.39 is 0 Å². The van der Waals surface area contributed by atoms with Crippen molar-refractivity contribution in [1.29, 1.82) is 0 Å². The Hall–Kier alpha value is -1.82. The molecular weight excluding hydrogens is 363 g/mol. The summed E-state index contributed by atoms with van der Waals surface area (Å²) in [5, 5.41) is 3.86. The molecule has 25 heavy (non-hydrogen) atoms. The molecule has 0 radical (unpaired) electrons. The Bertz CT molecular complexity index is 732. The number of hydrogen-bond donors (Lipinski definition) is 1. The maximum absolute atomic E-state index is 12.2. The molecule has 1 aliphatic heterocycles. The predicted molar refractivity (Wildman–Crippen MR) is 96.6 cm³/mol. The molecule has 0 bridgehead atoms. The topological polar surface area (TPSA) is 60.5 Å². The molecule has 1 aromatic heterocycles. The number of nitrogens with one attached hydrogen (secondary N) is 1. The molecule has 1 aromatic carbocycles. The van der Waals surface area contributed by atoms with E-state index in [0.29, 0.717) is 47.7 Å². The molecule has 1 saturated heterocycles. The van der Waals surface area contributed by atoms with E-state index in [0.717, 1.165) is 12.0 Å². The highest BCUT2D eigenvalue weighted by atomic mass is 35.5. The van der Waals surface area contributed by atoms with Crippen molar-refractivity contribution in [3.8, 4) is 5.88 Å². The van der Waals surface area contributed by atoms with Crippen LogP contribution in [0.2, 0.25) is 10.0 Å². The van der Waals surface area contributed by atoms with Gasteiger partial charge in [-0.05, 0) is 30.2 Å². The normalized spacial score (nSPS) is 16.6. The fraction of sp³-hybridized carbons (Fsp3) is 0.333. The minimum absolute atomic E-state index is 0.0379. The molecule has 2 heterocycles. The lowest BCUT2D eigenvalue weighted by molar-refractivity contribution is 0.0953. The van der Waals surface area contributed by atoms with Gasteiger partial charge in [0.1, 0.15) is 11.1 Å². The van der Waals surface area contributed by atoms with Gasteiger partial charge in [-0.15, -0.1) is 0 Å². The van der Waals surface area contributed by atoms with Gasteiger partial charge in [0.25, 0.3) is 5.91 Å². The number of pyridine rings is 1. The minimum atomic E-state index is -0.223. The van der Waals surface area contributed by atoms with Crippen molar-refractivity contribution >= 4 is 29.1 Å². The lowest BCUT2D eigenvalue weighted by Crippen LogP contribution is -2.26. The van der Waals surface area contributed by atoms with Gasteiger partial charge in [0.2, 0.25) is 5.88 Å². The Kier molecular flexibility index (Phi) is 6.13. The summed E-state index contributed by atoms with van der Waals surface area (Å²) >= 11 is 12.0. The van der Waals surface area contributed by atoms with Gasteiger partial charge >= 0.3 is 0 Å². The number of nitrogens with zero attached hydrogens (tertiary/aromatic N) is 1. The van der Waals surface area contributed by atoms with Crippen LogP contribution >= 0.6 is 23.2 Å². The summed E-state index contributed by atoms with van der Waals surface area (Å²) in [6, 6.07) is 9.10. The molecule has 0 spiro atoms. The van der Waals surface area contributed by atoms with Crippen molar-refractivity contribution in [1.82, 2.24) is 10.3 Å². The maximum Gasteiger partial charge on any atom is 0.252 e.